The highest BCUT2D eigenvalue weighted by Gasteiger charge is 2.51. The summed E-state index contributed by atoms with van der Waals surface area (Å²) < 4.78 is 109. The zero-order valence-electron chi connectivity index (χ0n) is 19.6. The second kappa shape index (κ2) is 9.99. The molecule has 0 spiro atoms. The third kappa shape index (κ3) is 5.99. The molecule has 198 valence electrons. The van der Waals surface area contributed by atoms with Crippen molar-refractivity contribution in [3.8, 4) is 0 Å². The van der Waals surface area contributed by atoms with Gasteiger partial charge in [0, 0.05) is 11.8 Å². The lowest BCUT2D eigenvalue weighted by molar-refractivity contribution is -0.143. The molecule has 1 aliphatic rings. The van der Waals surface area contributed by atoms with E-state index in [-0.39, 0.29) is 18.9 Å². The van der Waals surface area contributed by atoms with Crippen molar-refractivity contribution in [1.29, 1.82) is 0 Å². The van der Waals surface area contributed by atoms with Gasteiger partial charge in [0.25, 0.3) is 0 Å². The molecule has 1 aliphatic heterocycles. The van der Waals surface area contributed by atoms with E-state index >= 15 is 4.39 Å². The van der Waals surface area contributed by atoms with E-state index in [1.54, 1.807) is 0 Å². The van der Waals surface area contributed by atoms with Crippen molar-refractivity contribution in [2.24, 2.45) is 0 Å². The second-order valence-corrected chi connectivity index (χ2v) is 9.36. The summed E-state index contributed by atoms with van der Waals surface area (Å²) in [6.07, 6.45) is -10.4. The molecular formula is C25H26F8N2O. The average molecular weight is 522 g/mol. The first-order chi connectivity index (χ1) is 16.5. The Bertz CT molecular complexity index is 1040. The predicted octanol–water partition coefficient (Wildman–Crippen LogP) is 6.48. The molecule has 1 fully saturated rings. The van der Waals surface area contributed by atoms with E-state index in [1.807, 2.05) is 0 Å². The molecule has 2 N–H and O–H groups in total. The monoisotopic (exact) mass is 522 g/mol. The summed E-state index contributed by atoms with van der Waals surface area (Å²) in [7, 11) is 0. The first-order valence-electron chi connectivity index (χ1n) is 11.3. The van der Waals surface area contributed by atoms with Crippen molar-refractivity contribution >= 4 is 5.91 Å². The molecule has 0 bridgehead atoms. The molecule has 36 heavy (non-hydrogen) atoms. The van der Waals surface area contributed by atoms with Gasteiger partial charge in [-0.25, -0.2) is 8.78 Å². The minimum Gasteiger partial charge on any atom is -0.350 e. The van der Waals surface area contributed by atoms with Gasteiger partial charge in [-0.05, 0) is 74.3 Å². The smallest absolute Gasteiger partial charge is 0.350 e. The maximum Gasteiger partial charge on any atom is 0.416 e. The van der Waals surface area contributed by atoms with E-state index in [4.69, 9.17) is 0 Å². The van der Waals surface area contributed by atoms with E-state index in [9.17, 15) is 35.5 Å². The molecule has 2 unspecified atom stereocenters. The largest absolute Gasteiger partial charge is 0.416 e. The fraction of sp³-hybridized carbons (Fsp3) is 0.480. The lowest BCUT2D eigenvalue weighted by Crippen LogP contribution is -2.54. The van der Waals surface area contributed by atoms with Crippen molar-refractivity contribution in [1.82, 2.24) is 10.6 Å². The van der Waals surface area contributed by atoms with Crippen LogP contribution in [0.1, 0.15) is 61.4 Å². The Morgan fingerprint density at radius 1 is 0.944 bits per heavy atom. The molecule has 0 aliphatic carbocycles. The SMILES string of the molecule is CC(NC(=O)CC(C)(c1ccc(F)cc1)C1(F)CCNCC1)c1cc(C(F)(F)F)cc(C(F)(F)F)c1. The molecule has 2 atom stereocenters. The van der Waals surface area contributed by atoms with Gasteiger partial charge in [-0.3, -0.25) is 4.79 Å². The minimum atomic E-state index is -5.03. The maximum atomic E-state index is 16.2. The van der Waals surface area contributed by atoms with Crippen molar-refractivity contribution in [3.63, 3.8) is 0 Å². The number of hydrogen-bond donors (Lipinski definition) is 2. The van der Waals surface area contributed by atoms with Crippen molar-refractivity contribution in [3.05, 3.63) is 70.5 Å². The van der Waals surface area contributed by atoms with Crippen LogP contribution < -0.4 is 10.6 Å². The van der Waals surface area contributed by atoms with Gasteiger partial charge >= 0.3 is 12.4 Å². The molecule has 0 aromatic heterocycles. The lowest BCUT2D eigenvalue weighted by Gasteiger charge is -2.45. The van der Waals surface area contributed by atoms with Crippen LogP contribution >= 0.6 is 0 Å². The van der Waals surface area contributed by atoms with E-state index in [0.717, 1.165) is 12.1 Å². The summed E-state index contributed by atoms with van der Waals surface area (Å²) in [5, 5.41) is 5.45. The summed E-state index contributed by atoms with van der Waals surface area (Å²) in [5.41, 5.74) is -6.34. The summed E-state index contributed by atoms with van der Waals surface area (Å²) >= 11 is 0. The summed E-state index contributed by atoms with van der Waals surface area (Å²) in [6, 6.07) is 4.89. The topological polar surface area (TPSA) is 41.1 Å². The van der Waals surface area contributed by atoms with E-state index in [0.29, 0.717) is 30.8 Å². The molecule has 11 heteroatoms. The van der Waals surface area contributed by atoms with Gasteiger partial charge in [0.15, 0.2) is 0 Å². The molecule has 3 rings (SSSR count). The van der Waals surface area contributed by atoms with Crippen LogP contribution in [0.2, 0.25) is 0 Å². The number of carbonyl (C=O) groups is 1. The Balaban J connectivity index is 1.91. The van der Waals surface area contributed by atoms with Gasteiger partial charge in [0.05, 0.1) is 17.2 Å². The number of halogens is 8. The zero-order valence-corrected chi connectivity index (χ0v) is 19.6. The van der Waals surface area contributed by atoms with Crippen LogP contribution in [0.15, 0.2) is 42.5 Å². The second-order valence-electron chi connectivity index (χ2n) is 9.36. The molecule has 3 nitrogen and oxygen atoms in total. The fourth-order valence-corrected chi connectivity index (χ4v) is 4.64. The fourth-order valence-electron chi connectivity index (χ4n) is 4.64. The van der Waals surface area contributed by atoms with Gasteiger partial charge in [-0.2, -0.15) is 26.3 Å². The summed E-state index contributed by atoms with van der Waals surface area (Å²) in [4.78, 5) is 13.0. The Kier molecular flexibility index (Phi) is 7.74. The number of rotatable bonds is 6. The lowest BCUT2D eigenvalue weighted by atomic mass is 9.64. The average Bonchev–Trinajstić information content (AvgIpc) is 2.78. The van der Waals surface area contributed by atoms with Crippen LogP contribution in [0.25, 0.3) is 0 Å². The van der Waals surface area contributed by atoms with E-state index < -0.39 is 64.3 Å². The molecule has 1 amide bonds. The normalized spacial score (nSPS) is 18.8. The quantitative estimate of drug-likeness (QED) is 0.427. The molecular weight excluding hydrogens is 496 g/mol. The van der Waals surface area contributed by atoms with E-state index in [1.165, 1.54) is 26.0 Å². The highest BCUT2D eigenvalue weighted by atomic mass is 19.4. The third-order valence-corrected chi connectivity index (χ3v) is 6.87. The molecule has 2 aromatic rings. The highest BCUT2D eigenvalue weighted by molar-refractivity contribution is 5.78. The standard InChI is InChI=1S/C25H26F8N2O/c1-15(16-11-18(24(28,29)30)13-19(12-16)25(31,32)33)35-21(36)14-22(2,17-3-5-20(26)6-4-17)23(27)7-9-34-10-8-23/h3-6,11-13,15,34H,7-10,14H2,1-2H3,(H,35,36). The molecule has 2 aromatic carbocycles. The van der Waals surface area contributed by atoms with Crippen LogP contribution in [-0.4, -0.2) is 24.7 Å². The number of benzene rings is 2. The van der Waals surface area contributed by atoms with Gasteiger partial charge in [0.1, 0.15) is 11.5 Å². The Labute approximate surface area is 203 Å². The van der Waals surface area contributed by atoms with Crippen molar-refractivity contribution < 1.29 is 39.9 Å². The number of nitrogens with one attached hydrogen (secondary N) is 2. The van der Waals surface area contributed by atoms with Crippen molar-refractivity contribution in [2.75, 3.05) is 13.1 Å². The Hall–Kier alpha value is -2.69. The minimum absolute atomic E-state index is 0.00755. The predicted molar refractivity (Wildman–Crippen MR) is 117 cm³/mol. The first kappa shape index (κ1) is 27.9. The molecule has 0 saturated carbocycles. The third-order valence-electron chi connectivity index (χ3n) is 6.87. The van der Waals surface area contributed by atoms with Crippen LogP contribution in [-0.2, 0) is 22.6 Å². The number of alkyl halides is 7. The molecule has 1 saturated heterocycles. The van der Waals surface area contributed by atoms with Gasteiger partial charge in [-0.1, -0.05) is 19.1 Å². The molecule has 0 radical (unpaired) electrons. The van der Waals surface area contributed by atoms with Gasteiger partial charge < -0.3 is 10.6 Å². The van der Waals surface area contributed by atoms with Crippen LogP contribution in [0.3, 0.4) is 0 Å². The van der Waals surface area contributed by atoms with Gasteiger partial charge in [-0.15, -0.1) is 0 Å². The zero-order chi connectivity index (χ0) is 26.9. The number of amides is 1. The van der Waals surface area contributed by atoms with Crippen molar-refractivity contribution in [2.45, 2.75) is 62.6 Å². The number of carbonyl (C=O) groups excluding carboxylic acids is 1. The Morgan fingerprint density at radius 3 is 1.92 bits per heavy atom. The summed E-state index contributed by atoms with van der Waals surface area (Å²) in [6.45, 7) is 3.45. The first-order valence-corrected chi connectivity index (χ1v) is 11.3. The van der Waals surface area contributed by atoms with E-state index in [2.05, 4.69) is 10.6 Å². The van der Waals surface area contributed by atoms with Crippen LogP contribution in [0.4, 0.5) is 35.1 Å². The van der Waals surface area contributed by atoms with Crippen LogP contribution in [0.5, 0.6) is 0 Å². The number of piperidine rings is 1. The molecule has 1 heterocycles. The van der Waals surface area contributed by atoms with Gasteiger partial charge in [0.2, 0.25) is 5.91 Å². The highest BCUT2D eigenvalue weighted by Crippen LogP contribution is 2.46. The Morgan fingerprint density at radius 2 is 1.44 bits per heavy atom. The number of hydrogen-bond acceptors (Lipinski definition) is 2. The maximum absolute atomic E-state index is 16.2. The summed E-state index contributed by atoms with van der Waals surface area (Å²) in [5.74, 6) is -1.32. The van der Waals surface area contributed by atoms with Crippen LogP contribution in [0, 0.1) is 5.82 Å².